The maximum absolute atomic E-state index is 12.7. The van der Waals surface area contributed by atoms with Crippen LogP contribution in [0.4, 0.5) is 10.8 Å². The Hall–Kier alpha value is -2.49. The number of thiophene rings is 1. The van der Waals surface area contributed by atoms with E-state index in [1.54, 1.807) is 25.1 Å². The van der Waals surface area contributed by atoms with E-state index in [1.807, 2.05) is 6.92 Å². The number of anilines is 2. The van der Waals surface area contributed by atoms with Crippen molar-refractivity contribution >= 4 is 60.0 Å². The number of carbonyl (C=O) groups excluding carboxylic acids is 1. The van der Waals surface area contributed by atoms with Gasteiger partial charge < -0.3 is 20.2 Å². The van der Waals surface area contributed by atoms with Crippen LogP contribution in [0.3, 0.4) is 0 Å². The van der Waals surface area contributed by atoms with E-state index in [2.05, 4.69) is 20.6 Å². The third-order valence-corrected chi connectivity index (χ3v) is 6.27. The minimum absolute atomic E-state index is 0.0508. The van der Waals surface area contributed by atoms with Crippen LogP contribution in [-0.2, 0) is 0 Å². The molecule has 3 N–H and O–H groups in total. The molecular formula is C17H16N4O3S2. The number of rotatable bonds is 5. The molecule has 3 heterocycles. The van der Waals surface area contributed by atoms with E-state index in [4.69, 9.17) is 9.52 Å². The van der Waals surface area contributed by atoms with Crippen LogP contribution in [0.2, 0.25) is 0 Å². The monoisotopic (exact) mass is 388 g/mol. The molecule has 1 amide bonds. The van der Waals surface area contributed by atoms with E-state index >= 15 is 0 Å². The van der Waals surface area contributed by atoms with Gasteiger partial charge in [0.15, 0.2) is 16.6 Å². The van der Waals surface area contributed by atoms with E-state index in [0.717, 1.165) is 20.2 Å². The molecule has 0 radical (unpaired) electrons. The van der Waals surface area contributed by atoms with Crippen molar-refractivity contribution in [1.82, 2.24) is 9.97 Å². The third kappa shape index (κ3) is 3.05. The van der Waals surface area contributed by atoms with Crippen LogP contribution in [0.15, 0.2) is 22.6 Å². The zero-order valence-corrected chi connectivity index (χ0v) is 15.8. The number of hydrogen-bond acceptors (Lipinski definition) is 8. The summed E-state index contributed by atoms with van der Waals surface area (Å²) in [5.74, 6) is 0.427. The normalized spacial score (nSPS) is 11.3. The smallest absolute Gasteiger partial charge is 0.266 e. The van der Waals surface area contributed by atoms with E-state index < -0.39 is 0 Å². The van der Waals surface area contributed by atoms with Gasteiger partial charge in [-0.2, -0.15) is 0 Å². The van der Waals surface area contributed by atoms with Gasteiger partial charge >= 0.3 is 0 Å². The first-order valence-electron chi connectivity index (χ1n) is 7.98. The van der Waals surface area contributed by atoms with Crippen molar-refractivity contribution in [3.63, 3.8) is 0 Å². The number of nitrogens with zero attached hydrogens (tertiary/aromatic N) is 2. The highest BCUT2D eigenvalue weighted by Crippen LogP contribution is 2.37. The number of benzene rings is 1. The molecule has 0 aliphatic carbocycles. The van der Waals surface area contributed by atoms with Crippen molar-refractivity contribution in [2.45, 2.75) is 13.8 Å². The van der Waals surface area contributed by atoms with E-state index in [9.17, 15) is 4.79 Å². The van der Waals surface area contributed by atoms with Gasteiger partial charge in [0.05, 0.1) is 16.2 Å². The van der Waals surface area contributed by atoms with Crippen molar-refractivity contribution < 1.29 is 14.3 Å². The van der Waals surface area contributed by atoms with Crippen LogP contribution in [0.1, 0.15) is 21.1 Å². The number of thiazole rings is 1. The Morgan fingerprint density at radius 3 is 2.88 bits per heavy atom. The summed E-state index contributed by atoms with van der Waals surface area (Å²) in [6.07, 6.45) is 0. The van der Waals surface area contributed by atoms with Gasteiger partial charge in [0.25, 0.3) is 5.91 Å². The maximum Gasteiger partial charge on any atom is 0.266 e. The van der Waals surface area contributed by atoms with Crippen molar-refractivity contribution in [1.29, 1.82) is 0 Å². The van der Waals surface area contributed by atoms with Gasteiger partial charge in [-0.25, -0.2) is 9.97 Å². The van der Waals surface area contributed by atoms with Crippen molar-refractivity contribution in [3.8, 4) is 0 Å². The van der Waals surface area contributed by atoms with Crippen LogP contribution in [-0.4, -0.2) is 34.1 Å². The summed E-state index contributed by atoms with van der Waals surface area (Å²) in [6.45, 7) is 4.22. The van der Waals surface area contributed by atoms with Gasteiger partial charge in [0.1, 0.15) is 10.3 Å². The van der Waals surface area contributed by atoms with Crippen molar-refractivity contribution in [3.05, 3.63) is 34.5 Å². The molecule has 9 heteroatoms. The predicted octanol–water partition coefficient (Wildman–Crippen LogP) is 3.77. The second-order valence-electron chi connectivity index (χ2n) is 5.73. The maximum atomic E-state index is 12.7. The quantitative estimate of drug-likeness (QED) is 0.481. The molecule has 0 aliphatic heterocycles. The molecular weight excluding hydrogens is 372 g/mol. The molecule has 0 unspecified atom stereocenters. The number of nitrogens with one attached hydrogen (secondary N) is 2. The first kappa shape index (κ1) is 17.0. The number of amides is 1. The summed E-state index contributed by atoms with van der Waals surface area (Å²) in [5, 5.41) is 15.6. The highest BCUT2D eigenvalue weighted by atomic mass is 32.1. The Balaban J connectivity index is 1.58. The van der Waals surface area contributed by atoms with Crippen molar-refractivity contribution in [2.75, 3.05) is 23.8 Å². The molecule has 4 rings (SSSR count). The first-order valence-corrected chi connectivity index (χ1v) is 9.61. The molecule has 3 aromatic heterocycles. The number of aliphatic hydroxyl groups excluding tert-OH is 1. The zero-order valence-electron chi connectivity index (χ0n) is 14.1. The average molecular weight is 388 g/mol. The highest BCUT2D eigenvalue weighted by molar-refractivity contribution is 7.30. The van der Waals surface area contributed by atoms with Gasteiger partial charge in [-0.05, 0) is 30.7 Å². The number of carbonyl (C=O) groups is 1. The van der Waals surface area contributed by atoms with Crippen LogP contribution in [0, 0.1) is 13.8 Å². The minimum Gasteiger partial charge on any atom is -0.441 e. The summed E-state index contributed by atoms with van der Waals surface area (Å²) >= 11 is 2.85. The Labute approximate surface area is 156 Å². The first-order chi connectivity index (χ1) is 12.5. The molecule has 0 spiro atoms. The second-order valence-corrected chi connectivity index (χ2v) is 7.73. The van der Waals surface area contributed by atoms with Gasteiger partial charge in [-0.3, -0.25) is 4.79 Å². The molecule has 0 fully saturated rings. The van der Waals surface area contributed by atoms with Crippen molar-refractivity contribution in [2.24, 2.45) is 0 Å². The fourth-order valence-corrected chi connectivity index (χ4v) is 4.89. The lowest BCUT2D eigenvalue weighted by Gasteiger charge is -2.04. The van der Waals surface area contributed by atoms with Gasteiger partial charge in [0, 0.05) is 19.2 Å². The minimum atomic E-state index is -0.165. The van der Waals surface area contributed by atoms with E-state index in [-0.39, 0.29) is 12.5 Å². The molecule has 0 atom stereocenters. The fraction of sp³-hybridized carbons (Fsp3) is 0.235. The highest BCUT2D eigenvalue weighted by Gasteiger charge is 2.19. The Bertz CT molecular complexity index is 1110. The summed E-state index contributed by atoms with van der Waals surface area (Å²) in [7, 11) is 0. The second kappa shape index (κ2) is 6.67. The molecule has 7 nitrogen and oxygen atoms in total. The Kier molecular flexibility index (Phi) is 4.35. The summed E-state index contributed by atoms with van der Waals surface area (Å²) in [5.41, 5.74) is 2.99. The lowest BCUT2D eigenvalue weighted by Crippen LogP contribution is -2.11. The number of oxazole rings is 1. The van der Waals surface area contributed by atoms with Gasteiger partial charge in [-0.1, -0.05) is 11.3 Å². The third-order valence-electron chi connectivity index (χ3n) is 3.82. The molecule has 26 heavy (non-hydrogen) atoms. The number of aromatic nitrogens is 2. The molecule has 0 bridgehead atoms. The van der Waals surface area contributed by atoms with Crippen LogP contribution < -0.4 is 10.6 Å². The number of aliphatic hydroxyl groups is 1. The Morgan fingerprint density at radius 1 is 1.27 bits per heavy atom. The predicted molar refractivity (Wildman–Crippen MR) is 105 cm³/mol. The summed E-state index contributed by atoms with van der Waals surface area (Å²) in [4.78, 5) is 22.9. The number of aryl methyl sites for hydroxylation is 2. The standard InChI is InChI=1S/C17H16N4O3S2/c1-8-13(25-16-14(8)26-17(21-16)18-5-6-22)15(23)20-10-3-4-12-11(7-10)19-9(2)24-12/h3-4,7,22H,5-6H2,1-2H3,(H,18,21)(H,20,23). The topological polar surface area (TPSA) is 100 Å². The van der Waals surface area contributed by atoms with E-state index in [0.29, 0.717) is 34.1 Å². The lowest BCUT2D eigenvalue weighted by atomic mass is 10.2. The average Bonchev–Trinajstić information content (AvgIpc) is 3.26. The van der Waals surface area contributed by atoms with Crippen LogP contribution in [0.25, 0.3) is 20.6 Å². The Morgan fingerprint density at radius 2 is 2.12 bits per heavy atom. The van der Waals surface area contributed by atoms with Gasteiger partial charge in [0.2, 0.25) is 0 Å². The molecule has 0 saturated carbocycles. The number of fused-ring (bicyclic) bond motifs is 2. The molecule has 134 valence electrons. The molecule has 0 aliphatic rings. The van der Waals surface area contributed by atoms with Crippen LogP contribution in [0.5, 0.6) is 0 Å². The largest absolute Gasteiger partial charge is 0.441 e. The van der Waals surface area contributed by atoms with Crippen LogP contribution >= 0.6 is 22.7 Å². The van der Waals surface area contributed by atoms with E-state index in [1.165, 1.54) is 22.7 Å². The lowest BCUT2D eigenvalue weighted by molar-refractivity contribution is 0.103. The summed E-state index contributed by atoms with van der Waals surface area (Å²) < 4.78 is 6.44. The fourth-order valence-electron chi connectivity index (χ4n) is 2.65. The molecule has 1 aromatic carbocycles. The van der Waals surface area contributed by atoms with Gasteiger partial charge in [-0.15, -0.1) is 11.3 Å². The zero-order chi connectivity index (χ0) is 18.3. The molecule has 0 saturated heterocycles. The summed E-state index contributed by atoms with van der Waals surface area (Å²) in [6, 6.07) is 5.39. The SMILES string of the molecule is Cc1nc2cc(NC(=O)c3sc4nc(NCCO)sc4c3C)ccc2o1. The molecule has 4 aromatic rings. The number of hydrogen-bond donors (Lipinski definition) is 3.